The van der Waals surface area contributed by atoms with Crippen molar-refractivity contribution >= 4 is 39.7 Å². The molecule has 1 heterocycles. The number of carbonyl (C=O) groups excluding carboxylic acids is 1. The minimum Gasteiger partial charge on any atom is -0.495 e. The van der Waals surface area contributed by atoms with Crippen molar-refractivity contribution in [2.45, 2.75) is 26.4 Å². The summed E-state index contributed by atoms with van der Waals surface area (Å²) in [6.07, 6.45) is 0. The Kier molecular flexibility index (Phi) is 6.67. The van der Waals surface area contributed by atoms with Crippen LogP contribution in [0.3, 0.4) is 0 Å². The van der Waals surface area contributed by atoms with Crippen LogP contribution in [0.2, 0.25) is 5.02 Å². The number of halogens is 1. The van der Waals surface area contributed by atoms with Crippen LogP contribution in [0.4, 0.5) is 10.8 Å². The number of ether oxygens (including phenoxy) is 1. The maximum absolute atomic E-state index is 12.3. The number of rotatable bonds is 7. The van der Waals surface area contributed by atoms with E-state index < -0.39 is 0 Å². The zero-order valence-corrected chi connectivity index (χ0v) is 17.6. The average molecular weight is 416 g/mol. The van der Waals surface area contributed by atoms with Gasteiger partial charge in [-0.05, 0) is 30.7 Å². The van der Waals surface area contributed by atoms with Crippen LogP contribution in [-0.2, 0) is 11.3 Å². The van der Waals surface area contributed by atoms with E-state index in [1.807, 2.05) is 53.9 Å². The summed E-state index contributed by atoms with van der Waals surface area (Å²) < 4.78 is 5.40. The molecule has 0 saturated carbocycles. The van der Waals surface area contributed by atoms with E-state index in [-0.39, 0.29) is 11.9 Å². The van der Waals surface area contributed by atoms with Gasteiger partial charge < -0.3 is 10.1 Å². The number of hydrogen-bond acceptors (Lipinski definition) is 5. The number of aromatic nitrogens is 1. The van der Waals surface area contributed by atoms with Gasteiger partial charge >= 0.3 is 0 Å². The minimum atomic E-state index is -0.122. The van der Waals surface area contributed by atoms with Crippen LogP contribution in [-0.4, -0.2) is 18.0 Å². The molecule has 7 heteroatoms. The number of para-hydroxylation sites is 2. The number of amides is 1. The van der Waals surface area contributed by atoms with Crippen molar-refractivity contribution < 1.29 is 9.53 Å². The summed E-state index contributed by atoms with van der Waals surface area (Å²) in [7, 11) is 1.59. The number of thiazole rings is 1. The lowest BCUT2D eigenvalue weighted by Gasteiger charge is -2.20. The molecule has 0 aliphatic rings. The summed E-state index contributed by atoms with van der Waals surface area (Å²) in [5.74, 6) is 0.503. The molecule has 0 unspecified atom stereocenters. The summed E-state index contributed by atoms with van der Waals surface area (Å²) in [5, 5.41) is 6.73. The second-order valence-electron chi connectivity index (χ2n) is 6.27. The zero-order valence-electron chi connectivity index (χ0n) is 16.0. The van der Waals surface area contributed by atoms with Crippen LogP contribution in [0, 0.1) is 0 Å². The van der Waals surface area contributed by atoms with Gasteiger partial charge in [0.25, 0.3) is 0 Å². The normalized spacial score (nSPS) is 11.9. The Morgan fingerprint density at radius 2 is 1.96 bits per heavy atom. The lowest BCUT2D eigenvalue weighted by atomic mass is 10.1. The fraction of sp³-hybridized carbons (Fsp3) is 0.238. The van der Waals surface area contributed by atoms with Crippen molar-refractivity contribution in [3.05, 3.63) is 70.2 Å². The first-order valence-electron chi connectivity index (χ1n) is 8.87. The van der Waals surface area contributed by atoms with Gasteiger partial charge in [0.1, 0.15) is 5.75 Å². The number of carbonyl (C=O) groups is 1. The van der Waals surface area contributed by atoms with Crippen molar-refractivity contribution in [1.29, 1.82) is 0 Å². The SMILES string of the molecule is COc1ccccc1N(C(C)=O)c1nc(CN[C@@H](C)c2ccccc2Cl)cs1. The van der Waals surface area contributed by atoms with Gasteiger partial charge in [0.2, 0.25) is 5.91 Å². The number of benzene rings is 2. The molecule has 0 radical (unpaired) electrons. The summed E-state index contributed by atoms with van der Waals surface area (Å²) in [5.41, 5.74) is 2.58. The van der Waals surface area contributed by atoms with Crippen molar-refractivity contribution in [2.24, 2.45) is 0 Å². The second kappa shape index (κ2) is 9.19. The molecule has 0 spiro atoms. The zero-order chi connectivity index (χ0) is 20.1. The van der Waals surface area contributed by atoms with Crippen LogP contribution < -0.4 is 15.0 Å². The third-order valence-electron chi connectivity index (χ3n) is 4.33. The first kappa shape index (κ1) is 20.3. The van der Waals surface area contributed by atoms with Crippen molar-refractivity contribution in [3.8, 4) is 5.75 Å². The van der Waals surface area contributed by atoms with E-state index in [1.54, 1.807) is 12.0 Å². The average Bonchev–Trinajstić information content (AvgIpc) is 3.15. The lowest BCUT2D eigenvalue weighted by molar-refractivity contribution is -0.115. The van der Waals surface area contributed by atoms with Crippen LogP contribution in [0.5, 0.6) is 5.75 Å². The van der Waals surface area contributed by atoms with Gasteiger partial charge in [-0.3, -0.25) is 9.69 Å². The molecule has 2 aromatic carbocycles. The second-order valence-corrected chi connectivity index (χ2v) is 7.52. The standard InChI is InChI=1S/C21H22ClN3O2S/c1-14(17-8-4-5-9-18(17)22)23-12-16-13-28-21(24-16)25(15(2)26)19-10-6-7-11-20(19)27-3/h4-11,13-14,23H,12H2,1-3H3/t14-/m0/s1. The molecule has 1 amide bonds. The fourth-order valence-corrected chi connectivity index (χ4v) is 4.08. The van der Waals surface area contributed by atoms with Crippen molar-refractivity contribution in [1.82, 2.24) is 10.3 Å². The molecule has 5 nitrogen and oxygen atoms in total. The largest absolute Gasteiger partial charge is 0.495 e. The van der Waals surface area contributed by atoms with E-state index in [2.05, 4.69) is 17.2 Å². The van der Waals surface area contributed by atoms with Crippen LogP contribution >= 0.6 is 22.9 Å². The number of methoxy groups -OCH3 is 1. The van der Waals surface area contributed by atoms with E-state index in [0.717, 1.165) is 16.3 Å². The highest BCUT2D eigenvalue weighted by Crippen LogP contribution is 2.35. The van der Waals surface area contributed by atoms with Gasteiger partial charge in [-0.2, -0.15) is 0 Å². The number of nitrogens with one attached hydrogen (secondary N) is 1. The smallest absolute Gasteiger partial charge is 0.230 e. The molecule has 1 N–H and O–H groups in total. The Morgan fingerprint density at radius 1 is 1.25 bits per heavy atom. The van der Waals surface area contributed by atoms with Crippen molar-refractivity contribution in [2.75, 3.05) is 12.0 Å². The third-order valence-corrected chi connectivity index (χ3v) is 5.55. The molecule has 0 saturated heterocycles. The summed E-state index contributed by atoms with van der Waals surface area (Å²) in [4.78, 5) is 18.5. The first-order chi connectivity index (χ1) is 13.5. The van der Waals surface area contributed by atoms with E-state index in [9.17, 15) is 4.79 Å². The van der Waals surface area contributed by atoms with Gasteiger partial charge in [-0.1, -0.05) is 41.9 Å². The lowest BCUT2D eigenvalue weighted by Crippen LogP contribution is -2.23. The Hall–Kier alpha value is -2.41. The van der Waals surface area contributed by atoms with Gasteiger partial charge in [0.05, 0.1) is 18.5 Å². The van der Waals surface area contributed by atoms with Gasteiger partial charge in [0, 0.05) is 29.9 Å². The maximum atomic E-state index is 12.3. The van der Waals surface area contributed by atoms with Crippen LogP contribution in [0.1, 0.15) is 31.1 Å². The number of nitrogens with zero attached hydrogens (tertiary/aromatic N) is 2. The molecule has 1 aromatic heterocycles. The van der Waals surface area contributed by atoms with Crippen LogP contribution in [0.15, 0.2) is 53.9 Å². The molecule has 3 aromatic rings. The van der Waals surface area contributed by atoms with E-state index in [1.165, 1.54) is 18.3 Å². The van der Waals surface area contributed by atoms with E-state index >= 15 is 0 Å². The minimum absolute atomic E-state index is 0.0805. The molecule has 0 fully saturated rings. The highest BCUT2D eigenvalue weighted by molar-refractivity contribution is 7.14. The van der Waals surface area contributed by atoms with Gasteiger partial charge in [0.15, 0.2) is 5.13 Å². The Balaban J connectivity index is 1.76. The monoisotopic (exact) mass is 415 g/mol. The summed E-state index contributed by atoms with van der Waals surface area (Å²) in [6, 6.07) is 15.3. The first-order valence-corrected chi connectivity index (χ1v) is 10.1. The predicted octanol–water partition coefficient (Wildman–Crippen LogP) is 5.34. The fourth-order valence-electron chi connectivity index (χ4n) is 2.90. The molecular weight excluding hydrogens is 394 g/mol. The maximum Gasteiger partial charge on any atom is 0.230 e. The van der Waals surface area contributed by atoms with Crippen LogP contribution in [0.25, 0.3) is 0 Å². The number of hydrogen-bond donors (Lipinski definition) is 1. The third kappa shape index (κ3) is 4.52. The molecule has 1 atom stereocenters. The molecule has 3 rings (SSSR count). The number of anilines is 2. The quantitative estimate of drug-likeness (QED) is 0.565. The molecular formula is C21H22ClN3O2S. The molecule has 28 heavy (non-hydrogen) atoms. The summed E-state index contributed by atoms with van der Waals surface area (Å²) >= 11 is 7.69. The Labute approximate surface area is 173 Å². The van der Waals surface area contributed by atoms with Gasteiger partial charge in [-0.15, -0.1) is 11.3 Å². The molecule has 0 aliphatic carbocycles. The van der Waals surface area contributed by atoms with Crippen molar-refractivity contribution in [3.63, 3.8) is 0 Å². The molecule has 146 valence electrons. The van der Waals surface area contributed by atoms with Gasteiger partial charge in [-0.25, -0.2) is 4.98 Å². The molecule has 0 bridgehead atoms. The van der Waals surface area contributed by atoms with E-state index in [0.29, 0.717) is 23.1 Å². The predicted molar refractivity (Wildman–Crippen MR) is 115 cm³/mol. The topological polar surface area (TPSA) is 54.5 Å². The highest BCUT2D eigenvalue weighted by atomic mass is 35.5. The highest BCUT2D eigenvalue weighted by Gasteiger charge is 2.21. The molecule has 0 aliphatic heterocycles. The van der Waals surface area contributed by atoms with E-state index in [4.69, 9.17) is 16.3 Å². The Morgan fingerprint density at radius 3 is 2.68 bits per heavy atom. The Bertz CT molecular complexity index is 960. The summed E-state index contributed by atoms with van der Waals surface area (Å²) in [6.45, 7) is 4.15.